The number of carbonyl (C=O) groups excluding carboxylic acids is 1. The van der Waals surface area contributed by atoms with Crippen LogP contribution in [0.3, 0.4) is 0 Å². The zero-order valence-electron chi connectivity index (χ0n) is 13.3. The molecule has 0 aliphatic carbocycles. The van der Waals surface area contributed by atoms with Gasteiger partial charge in [0.1, 0.15) is 5.75 Å². The highest BCUT2D eigenvalue weighted by molar-refractivity contribution is 8.01. The van der Waals surface area contributed by atoms with Crippen molar-refractivity contribution >= 4 is 45.4 Å². The molecule has 1 N–H and O–H groups in total. The minimum absolute atomic E-state index is 0.0634. The van der Waals surface area contributed by atoms with Crippen molar-refractivity contribution in [3.8, 4) is 5.75 Å². The molecule has 3 rings (SSSR count). The number of amides is 1. The van der Waals surface area contributed by atoms with E-state index in [1.165, 1.54) is 41.4 Å². The molecule has 0 bridgehead atoms. The summed E-state index contributed by atoms with van der Waals surface area (Å²) in [7, 11) is 0. The first kappa shape index (κ1) is 18.3. The van der Waals surface area contributed by atoms with Crippen LogP contribution in [0.5, 0.6) is 5.75 Å². The zero-order valence-corrected chi connectivity index (χ0v) is 14.9. The number of nitrogens with one attached hydrogen (secondary N) is 1. The lowest BCUT2D eigenvalue weighted by molar-refractivity contribution is -0.118. The molecular weight excluding hydrogens is 380 g/mol. The Morgan fingerprint density at radius 2 is 2.04 bits per heavy atom. The molecule has 5 nitrogen and oxygen atoms in total. The third-order valence-corrected chi connectivity index (χ3v) is 5.29. The molecule has 0 unspecified atom stereocenters. The van der Waals surface area contributed by atoms with Crippen molar-refractivity contribution < 1.29 is 18.3 Å². The summed E-state index contributed by atoms with van der Waals surface area (Å²) < 4.78 is 30.3. The Morgan fingerprint density at radius 1 is 1.27 bits per heavy atom. The van der Waals surface area contributed by atoms with Gasteiger partial charge in [-0.3, -0.25) is 4.79 Å². The number of hydrazone groups is 1. The predicted molar refractivity (Wildman–Crippen MR) is 99.2 cm³/mol. The number of halogens is 2. The second kappa shape index (κ2) is 8.72. The van der Waals surface area contributed by atoms with E-state index in [1.54, 1.807) is 12.1 Å². The number of benzene rings is 2. The molecule has 0 spiro atoms. The summed E-state index contributed by atoms with van der Waals surface area (Å²) in [5, 5.41) is 3.84. The molecular formula is C17H13F2N3O2S2. The SMILES string of the molecule is O=C(CSc1nc2ccccc2s1)N/N=C\c1ccc(OC(F)F)cc1. The summed E-state index contributed by atoms with van der Waals surface area (Å²) in [6.45, 7) is -2.86. The van der Waals surface area contributed by atoms with Gasteiger partial charge in [-0.25, -0.2) is 10.4 Å². The van der Waals surface area contributed by atoms with Gasteiger partial charge < -0.3 is 4.74 Å². The van der Waals surface area contributed by atoms with Crippen LogP contribution in [-0.2, 0) is 4.79 Å². The maximum atomic E-state index is 12.1. The van der Waals surface area contributed by atoms with Crippen LogP contribution in [0.4, 0.5) is 8.78 Å². The van der Waals surface area contributed by atoms with Gasteiger partial charge in [0.2, 0.25) is 0 Å². The van der Waals surface area contributed by atoms with Crippen molar-refractivity contribution in [2.45, 2.75) is 11.0 Å². The topological polar surface area (TPSA) is 63.6 Å². The lowest BCUT2D eigenvalue weighted by atomic mass is 10.2. The van der Waals surface area contributed by atoms with Gasteiger partial charge in [-0.05, 0) is 42.0 Å². The fraction of sp³-hybridized carbons (Fsp3) is 0.118. The maximum Gasteiger partial charge on any atom is 0.387 e. The minimum atomic E-state index is -2.86. The molecule has 0 saturated heterocycles. The fourth-order valence-electron chi connectivity index (χ4n) is 1.99. The molecule has 1 heterocycles. The van der Waals surface area contributed by atoms with E-state index in [0.717, 1.165) is 14.6 Å². The number of para-hydroxylation sites is 1. The van der Waals surface area contributed by atoms with Crippen molar-refractivity contribution in [1.82, 2.24) is 10.4 Å². The van der Waals surface area contributed by atoms with Gasteiger partial charge in [0.15, 0.2) is 4.34 Å². The number of hydrogen-bond acceptors (Lipinski definition) is 6. The van der Waals surface area contributed by atoms with Gasteiger partial charge in [-0.1, -0.05) is 23.9 Å². The molecule has 26 heavy (non-hydrogen) atoms. The molecule has 3 aromatic rings. The first-order chi connectivity index (χ1) is 12.6. The number of carbonyl (C=O) groups is 1. The summed E-state index contributed by atoms with van der Waals surface area (Å²) in [5.74, 6) is -0.00483. The number of hydrogen-bond donors (Lipinski definition) is 1. The zero-order chi connectivity index (χ0) is 18.4. The highest BCUT2D eigenvalue weighted by Gasteiger charge is 2.07. The van der Waals surface area contributed by atoms with Crippen LogP contribution in [0.15, 0.2) is 58.0 Å². The average Bonchev–Trinajstić information content (AvgIpc) is 3.04. The third kappa shape index (κ3) is 5.24. The molecule has 0 radical (unpaired) electrons. The van der Waals surface area contributed by atoms with Gasteiger partial charge in [0, 0.05) is 0 Å². The normalized spacial score (nSPS) is 11.3. The van der Waals surface area contributed by atoms with E-state index in [1.807, 2.05) is 24.3 Å². The van der Waals surface area contributed by atoms with E-state index in [-0.39, 0.29) is 17.4 Å². The smallest absolute Gasteiger partial charge is 0.387 e. The summed E-state index contributed by atoms with van der Waals surface area (Å²) >= 11 is 2.88. The molecule has 2 aromatic carbocycles. The van der Waals surface area contributed by atoms with Crippen LogP contribution >= 0.6 is 23.1 Å². The van der Waals surface area contributed by atoms with Gasteiger partial charge in [0.25, 0.3) is 5.91 Å². The molecule has 0 aliphatic heterocycles. The van der Waals surface area contributed by atoms with Crippen LogP contribution in [0.1, 0.15) is 5.56 Å². The Kier molecular flexibility index (Phi) is 6.13. The first-order valence-electron chi connectivity index (χ1n) is 7.45. The second-order valence-electron chi connectivity index (χ2n) is 4.98. The fourth-order valence-corrected chi connectivity index (χ4v) is 3.85. The number of alkyl halides is 2. The van der Waals surface area contributed by atoms with E-state index in [0.29, 0.717) is 5.56 Å². The number of nitrogens with zero attached hydrogens (tertiary/aromatic N) is 2. The highest BCUT2D eigenvalue weighted by Crippen LogP contribution is 2.28. The summed E-state index contributed by atoms with van der Waals surface area (Å²) in [6, 6.07) is 13.7. The molecule has 1 aromatic heterocycles. The Morgan fingerprint density at radius 3 is 2.77 bits per heavy atom. The van der Waals surface area contributed by atoms with Crippen molar-refractivity contribution in [3.63, 3.8) is 0 Å². The predicted octanol–water partition coefficient (Wildman–Crippen LogP) is 4.14. The van der Waals surface area contributed by atoms with Crippen molar-refractivity contribution in [3.05, 3.63) is 54.1 Å². The lowest BCUT2D eigenvalue weighted by Crippen LogP contribution is -2.19. The van der Waals surface area contributed by atoms with Gasteiger partial charge in [-0.15, -0.1) is 11.3 Å². The largest absolute Gasteiger partial charge is 0.435 e. The first-order valence-corrected chi connectivity index (χ1v) is 9.25. The van der Waals surface area contributed by atoms with Crippen LogP contribution in [0, 0.1) is 0 Å². The van der Waals surface area contributed by atoms with Crippen molar-refractivity contribution in [1.29, 1.82) is 0 Å². The van der Waals surface area contributed by atoms with Gasteiger partial charge in [-0.2, -0.15) is 13.9 Å². The quantitative estimate of drug-likeness (QED) is 0.372. The molecule has 0 saturated carbocycles. The van der Waals surface area contributed by atoms with Crippen LogP contribution in [-0.4, -0.2) is 29.5 Å². The second-order valence-corrected chi connectivity index (χ2v) is 7.23. The molecule has 0 atom stereocenters. The summed E-state index contributed by atoms with van der Waals surface area (Å²) in [6.07, 6.45) is 1.42. The molecule has 0 aliphatic rings. The Labute approximate surface area is 156 Å². The van der Waals surface area contributed by atoms with E-state index in [4.69, 9.17) is 0 Å². The Hall–Kier alpha value is -2.52. The molecule has 134 valence electrons. The number of fused-ring (bicyclic) bond motifs is 1. The standard InChI is InChI=1S/C17H13F2N3O2S2/c18-16(19)24-12-7-5-11(6-8-12)9-20-22-15(23)10-25-17-21-13-3-1-2-4-14(13)26-17/h1-9,16H,10H2,(H,22,23)/b20-9-. The summed E-state index contributed by atoms with van der Waals surface area (Å²) in [4.78, 5) is 16.3. The lowest BCUT2D eigenvalue weighted by Gasteiger charge is -2.03. The van der Waals surface area contributed by atoms with Crippen LogP contribution in [0.2, 0.25) is 0 Å². The molecule has 0 fully saturated rings. The van der Waals surface area contributed by atoms with Crippen molar-refractivity contribution in [2.24, 2.45) is 5.10 Å². The third-order valence-electron chi connectivity index (χ3n) is 3.11. The molecule has 9 heteroatoms. The maximum absolute atomic E-state index is 12.1. The van der Waals surface area contributed by atoms with Gasteiger partial charge in [0.05, 0.1) is 22.2 Å². The number of rotatable bonds is 7. The van der Waals surface area contributed by atoms with E-state index in [2.05, 4.69) is 20.2 Å². The number of thioether (sulfide) groups is 1. The summed E-state index contributed by atoms with van der Waals surface area (Å²) in [5.41, 5.74) is 3.98. The number of aromatic nitrogens is 1. The number of thiazole rings is 1. The van der Waals surface area contributed by atoms with E-state index in [9.17, 15) is 13.6 Å². The van der Waals surface area contributed by atoms with Crippen LogP contribution < -0.4 is 10.2 Å². The minimum Gasteiger partial charge on any atom is -0.435 e. The van der Waals surface area contributed by atoms with Crippen molar-refractivity contribution in [2.75, 3.05) is 5.75 Å². The Bertz CT molecular complexity index is 881. The van der Waals surface area contributed by atoms with E-state index >= 15 is 0 Å². The van der Waals surface area contributed by atoms with Gasteiger partial charge >= 0.3 is 6.61 Å². The van der Waals surface area contributed by atoms with Crippen LogP contribution in [0.25, 0.3) is 10.2 Å². The number of ether oxygens (including phenoxy) is 1. The van der Waals surface area contributed by atoms with E-state index < -0.39 is 6.61 Å². The monoisotopic (exact) mass is 393 g/mol. The highest BCUT2D eigenvalue weighted by atomic mass is 32.2. The Balaban J connectivity index is 1.46. The molecule has 1 amide bonds. The average molecular weight is 393 g/mol.